The van der Waals surface area contributed by atoms with E-state index >= 15 is 0 Å². The summed E-state index contributed by atoms with van der Waals surface area (Å²) in [6, 6.07) is 13.6. The molecule has 1 aromatic carbocycles. The Hall–Kier alpha value is -3.06. The number of hydrogen-bond acceptors (Lipinski definition) is 5. The van der Waals surface area contributed by atoms with E-state index in [1.54, 1.807) is 35.1 Å². The molecule has 3 aromatic heterocycles. The number of amides is 1. The molecule has 142 valence electrons. The highest BCUT2D eigenvalue weighted by Crippen LogP contribution is 2.34. The Bertz CT molecular complexity index is 1120. The molecule has 4 aromatic rings. The Labute approximate surface area is 167 Å². The van der Waals surface area contributed by atoms with Gasteiger partial charge in [0, 0.05) is 19.4 Å². The quantitative estimate of drug-likeness (QED) is 0.506. The Kier molecular flexibility index (Phi) is 4.92. The predicted octanol–water partition coefficient (Wildman–Crippen LogP) is 4.40. The molecule has 0 saturated carbocycles. The maximum Gasteiger partial charge on any atom is 0.278 e. The number of benzene rings is 1. The normalized spacial score (nSPS) is 11.3. The van der Waals surface area contributed by atoms with E-state index in [4.69, 9.17) is 4.98 Å². The number of aromatic nitrogens is 4. The van der Waals surface area contributed by atoms with Crippen molar-refractivity contribution < 1.29 is 4.79 Å². The summed E-state index contributed by atoms with van der Waals surface area (Å²) in [5, 5.41) is 4.80. The predicted molar refractivity (Wildman–Crippen MR) is 112 cm³/mol. The second-order valence-corrected chi connectivity index (χ2v) is 7.91. The van der Waals surface area contributed by atoms with Crippen LogP contribution in [0.4, 0.5) is 5.13 Å². The molecular weight excluding hydrogens is 370 g/mol. The average Bonchev–Trinajstić information content (AvgIpc) is 3.31. The first-order valence-corrected chi connectivity index (χ1v) is 9.95. The lowest BCUT2D eigenvalue weighted by molar-refractivity contribution is 0.0975. The SMILES string of the molecule is CC(C)c1cccc2sc(N(Cc3ccccn3)C(=O)c3ccnn3C)nc12. The smallest absolute Gasteiger partial charge is 0.277 e. The molecule has 0 saturated heterocycles. The summed E-state index contributed by atoms with van der Waals surface area (Å²) in [7, 11) is 1.77. The average molecular weight is 392 g/mol. The van der Waals surface area contributed by atoms with Crippen molar-refractivity contribution in [1.82, 2.24) is 19.7 Å². The van der Waals surface area contributed by atoms with E-state index in [1.807, 2.05) is 24.3 Å². The number of thiazole rings is 1. The molecule has 0 unspecified atom stereocenters. The summed E-state index contributed by atoms with van der Waals surface area (Å²) >= 11 is 1.52. The lowest BCUT2D eigenvalue weighted by Crippen LogP contribution is -2.32. The standard InChI is InChI=1S/C21H21N5OS/c1-14(2)16-8-6-9-18-19(16)24-21(28-18)26(13-15-7-4-5-11-22-15)20(27)17-10-12-23-25(17)3/h4-12,14H,13H2,1-3H3. The van der Waals surface area contributed by atoms with Gasteiger partial charge in [-0.2, -0.15) is 5.10 Å². The van der Waals surface area contributed by atoms with Gasteiger partial charge < -0.3 is 0 Å². The van der Waals surface area contributed by atoms with Crippen molar-refractivity contribution in [3.8, 4) is 0 Å². The van der Waals surface area contributed by atoms with Crippen molar-refractivity contribution in [3.05, 3.63) is 71.8 Å². The van der Waals surface area contributed by atoms with Gasteiger partial charge in [-0.25, -0.2) is 4.98 Å². The molecule has 0 aliphatic rings. The number of para-hydroxylation sites is 1. The fourth-order valence-corrected chi connectivity index (χ4v) is 4.14. The summed E-state index contributed by atoms with van der Waals surface area (Å²) in [5.41, 5.74) is 3.47. The maximum absolute atomic E-state index is 13.3. The number of pyridine rings is 1. The number of fused-ring (bicyclic) bond motifs is 1. The third kappa shape index (κ3) is 3.41. The van der Waals surface area contributed by atoms with Gasteiger partial charge in [-0.3, -0.25) is 19.4 Å². The second kappa shape index (κ2) is 7.52. The molecular formula is C21H21N5OS. The van der Waals surface area contributed by atoms with Crippen molar-refractivity contribution in [2.24, 2.45) is 7.05 Å². The van der Waals surface area contributed by atoms with Crippen LogP contribution in [0, 0.1) is 0 Å². The minimum atomic E-state index is -0.143. The number of anilines is 1. The Morgan fingerprint density at radius 2 is 2.00 bits per heavy atom. The minimum Gasteiger partial charge on any atom is -0.277 e. The molecule has 6 nitrogen and oxygen atoms in total. The highest BCUT2D eigenvalue weighted by Gasteiger charge is 2.25. The number of carbonyl (C=O) groups is 1. The van der Waals surface area contributed by atoms with E-state index in [1.165, 1.54) is 16.9 Å². The van der Waals surface area contributed by atoms with Gasteiger partial charge in [-0.05, 0) is 35.7 Å². The van der Waals surface area contributed by atoms with Crippen molar-refractivity contribution in [1.29, 1.82) is 0 Å². The van der Waals surface area contributed by atoms with Gasteiger partial charge in [0.05, 0.1) is 22.5 Å². The Morgan fingerprint density at radius 1 is 1.14 bits per heavy atom. The molecule has 0 bridgehead atoms. The highest BCUT2D eigenvalue weighted by molar-refractivity contribution is 7.22. The summed E-state index contributed by atoms with van der Waals surface area (Å²) in [6.07, 6.45) is 3.36. The topological polar surface area (TPSA) is 63.9 Å². The van der Waals surface area contributed by atoms with E-state index in [9.17, 15) is 4.79 Å². The molecule has 0 atom stereocenters. The zero-order valence-corrected chi connectivity index (χ0v) is 16.8. The van der Waals surface area contributed by atoms with Crippen LogP contribution in [0.2, 0.25) is 0 Å². The van der Waals surface area contributed by atoms with Gasteiger partial charge in [-0.1, -0.05) is 43.4 Å². The van der Waals surface area contributed by atoms with Gasteiger partial charge in [-0.15, -0.1) is 0 Å². The highest BCUT2D eigenvalue weighted by atomic mass is 32.1. The summed E-state index contributed by atoms with van der Waals surface area (Å²) in [4.78, 5) is 24.3. The van der Waals surface area contributed by atoms with Gasteiger partial charge in [0.1, 0.15) is 5.69 Å². The molecule has 0 radical (unpaired) electrons. The lowest BCUT2D eigenvalue weighted by atomic mass is 10.0. The first kappa shape index (κ1) is 18.3. The fraction of sp³-hybridized carbons (Fsp3) is 0.238. The monoisotopic (exact) mass is 391 g/mol. The lowest BCUT2D eigenvalue weighted by Gasteiger charge is -2.19. The molecule has 28 heavy (non-hydrogen) atoms. The summed E-state index contributed by atoms with van der Waals surface area (Å²) in [5.74, 6) is 0.214. The van der Waals surface area contributed by atoms with E-state index in [0.29, 0.717) is 23.3 Å². The first-order chi connectivity index (χ1) is 13.5. The van der Waals surface area contributed by atoms with Crippen LogP contribution in [-0.2, 0) is 13.6 Å². The largest absolute Gasteiger partial charge is 0.278 e. The molecule has 7 heteroatoms. The van der Waals surface area contributed by atoms with Crippen LogP contribution in [0.25, 0.3) is 10.2 Å². The van der Waals surface area contributed by atoms with E-state index < -0.39 is 0 Å². The van der Waals surface area contributed by atoms with Crippen LogP contribution in [0.5, 0.6) is 0 Å². The van der Waals surface area contributed by atoms with Crippen molar-refractivity contribution in [3.63, 3.8) is 0 Å². The fourth-order valence-electron chi connectivity index (χ4n) is 3.14. The van der Waals surface area contributed by atoms with E-state index in [2.05, 4.69) is 36.1 Å². The zero-order chi connectivity index (χ0) is 19.7. The van der Waals surface area contributed by atoms with Gasteiger partial charge in [0.2, 0.25) is 0 Å². The van der Waals surface area contributed by atoms with E-state index in [-0.39, 0.29) is 5.91 Å². The third-order valence-corrected chi connectivity index (χ3v) is 5.67. The van der Waals surface area contributed by atoms with Crippen LogP contribution in [0.3, 0.4) is 0 Å². The molecule has 0 aliphatic heterocycles. The number of rotatable bonds is 5. The molecule has 0 fully saturated rings. The van der Waals surface area contributed by atoms with Crippen molar-refractivity contribution >= 4 is 32.6 Å². The zero-order valence-electron chi connectivity index (χ0n) is 16.0. The second-order valence-electron chi connectivity index (χ2n) is 6.90. The van der Waals surface area contributed by atoms with Crippen molar-refractivity contribution in [2.45, 2.75) is 26.3 Å². The number of carbonyl (C=O) groups excluding carboxylic acids is 1. The van der Waals surface area contributed by atoms with Crippen LogP contribution in [0.1, 0.15) is 41.5 Å². The van der Waals surface area contributed by atoms with Crippen LogP contribution < -0.4 is 4.90 Å². The minimum absolute atomic E-state index is 0.143. The molecule has 0 N–H and O–H groups in total. The Morgan fingerprint density at radius 3 is 2.68 bits per heavy atom. The molecule has 3 heterocycles. The molecule has 0 aliphatic carbocycles. The molecule has 4 rings (SSSR count). The third-order valence-electron chi connectivity index (χ3n) is 4.62. The van der Waals surface area contributed by atoms with E-state index in [0.717, 1.165) is 15.9 Å². The van der Waals surface area contributed by atoms with Crippen LogP contribution in [0.15, 0.2) is 54.9 Å². The molecule has 0 spiro atoms. The van der Waals surface area contributed by atoms with Crippen LogP contribution in [-0.4, -0.2) is 25.7 Å². The Balaban J connectivity index is 1.81. The van der Waals surface area contributed by atoms with Gasteiger partial charge in [0.25, 0.3) is 5.91 Å². The summed E-state index contributed by atoms with van der Waals surface area (Å²) < 4.78 is 2.66. The van der Waals surface area contributed by atoms with Gasteiger partial charge >= 0.3 is 0 Å². The maximum atomic E-state index is 13.3. The summed E-state index contributed by atoms with van der Waals surface area (Å²) in [6.45, 7) is 4.65. The first-order valence-electron chi connectivity index (χ1n) is 9.14. The van der Waals surface area contributed by atoms with Crippen LogP contribution >= 0.6 is 11.3 Å². The number of aryl methyl sites for hydroxylation is 1. The van der Waals surface area contributed by atoms with Crippen molar-refractivity contribution in [2.75, 3.05) is 4.90 Å². The number of nitrogens with zero attached hydrogens (tertiary/aromatic N) is 5. The van der Waals surface area contributed by atoms with Gasteiger partial charge in [0.15, 0.2) is 5.13 Å². The molecule has 1 amide bonds. The number of hydrogen-bond donors (Lipinski definition) is 0.